The summed E-state index contributed by atoms with van der Waals surface area (Å²) >= 11 is 0. The first-order valence-electron chi connectivity index (χ1n) is 8.19. The third kappa shape index (κ3) is 3.06. The summed E-state index contributed by atoms with van der Waals surface area (Å²) < 4.78 is 5.47. The third-order valence-electron chi connectivity index (χ3n) is 4.48. The van der Waals surface area contributed by atoms with Gasteiger partial charge in [-0.05, 0) is 31.0 Å². The number of rotatable bonds is 3. The topological polar surface area (TPSA) is 37.4 Å². The average molecular weight is 304 g/mol. The molecule has 0 spiro atoms. The first-order chi connectivity index (χ1) is 11.4. The number of ether oxygens (including phenoxy) is 1. The van der Waals surface area contributed by atoms with Crippen LogP contribution in [0.2, 0.25) is 0 Å². The molecule has 1 aliphatic heterocycles. The molecule has 0 amide bonds. The zero-order valence-corrected chi connectivity index (χ0v) is 13.0. The van der Waals surface area contributed by atoms with E-state index in [0.717, 1.165) is 37.3 Å². The maximum atomic E-state index is 5.47. The summed E-state index contributed by atoms with van der Waals surface area (Å²) in [6.45, 7) is 1.73. The van der Waals surface area contributed by atoms with E-state index in [0.29, 0.717) is 5.92 Å². The third-order valence-corrected chi connectivity index (χ3v) is 4.48. The first-order valence-corrected chi connectivity index (χ1v) is 8.19. The number of para-hydroxylation sites is 2. The van der Waals surface area contributed by atoms with Crippen molar-refractivity contribution in [2.24, 2.45) is 4.99 Å². The molecule has 116 valence electrons. The number of H-pyrrole nitrogens is 1. The smallest absolute Gasteiger partial charge is 0.0629 e. The molecule has 23 heavy (non-hydrogen) atoms. The minimum Gasteiger partial charge on any atom is -0.381 e. The number of fused-ring (bicyclic) bond motifs is 1. The van der Waals surface area contributed by atoms with Gasteiger partial charge in [-0.1, -0.05) is 36.4 Å². The Morgan fingerprint density at radius 1 is 1.00 bits per heavy atom. The Kier molecular flexibility index (Phi) is 3.95. The number of nitrogens with zero attached hydrogens (tertiary/aromatic N) is 1. The number of aromatic nitrogens is 1. The van der Waals surface area contributed by atoms with Crippen LogP contribution < -0.4 is 0 Å². The van der Waals surface area contributed by atoms with E-state index >= 15 is 0 Å². The summed E-state index contributed by atoms with van der Waals surface area (Å²) in [5.74, 6) is 0.579. The lowest BCUT2D eigenvalue weighted by Gasteiger charge is -2.20. The van der Waals surface area contributed by atoms with Crippen LogP contribution in [0, 0.1) is 0 Å². The van der Waals surface area contributed by atoms with Crippen molar-refractivity contribution < 1.29 is 4.74 Å². The molecule has 0 unspecified atom stereocenters. The highest BCUT2D eigenvalue weighted by Gasteiger charge is 2.18. The van der Waals surface area contributed by atoms with Crippen molar-refractivity contribution in [2.45, 2.75) is 18.8 Å². The van der Waals surface area contributed by atoms with Gasteiger partial charge in [0, 0.05) is 42.0 Å². The van der Waals surface area contributed by atoms with Gasteiger partial charge in [0.05, 0.1) is 11.2 Å². The lowest BCUT2D eigenvalue weighted by atomic mass is 9.97. The molecule has 0 saturated carbocycles. The van der Waals surface area contributed by atoms with Gasteiger partial charge >= 0.3 is 0 Å². The van der Waals surface area contributed by atoms with Crippen LogP contribution in [0.5, 0.6) is 0 Å². The second kappa shape index (κ2) is 6.39. The molecule has 1 aliphatic rings. The van der Waals surface area contributed by atoms with Crippen molar-refractivity contribution in [1.82, 2.24) is 4.98 Å². The SMILES string of the molecule is C(=Nc1ccccc1)c1cccc2cc(C3CCOCC3)[nH]c12. The fraction of sp³-hybridized carbons (Fsp3) is 0.250. The Labute approximate surface area is 136 Å². The van der Waals surface area contributed by atoms with Gasteiger partial charge in [0.1, 0.15) is 0 Å². The molecule has 2 aromatic carbocycles. The van der Waals surface area contributed by atoms with Gasteiger partial charge in [-0.2, -0.15) is 0 Å². The number of hydrogen-bond donors (Lipinski definition) is 1. The van der Waals surface area contributed by atoms with Crippen molar-refractivity contribution in [3.63, 3.8) is 0 Å². The lowest BCUT2D eigenvalue weighted by Crippen LogP contribution is -2.14. The van der Waals surface area contributed by atoms with Crippen LogP contribution in [0.3, 0.4) is 0 Å². The summed E-state index contributed by atoms with van der Waals surface area (Å²) in [7, 11) is 0. The highest BCUT2D eigenvalue weighted by molar-refractivity contribution is 5.99. The zero-order chi connectivity index (χ0) is 15.5. The van der Waals surface area contributed by atoms with Crippen molar-refractivity contribution >= 4 is 22.8 Å². The van der Waals surface area contributed by atoms with E-state index in [9.17, 15) is 0 Å². The maximum absolute atomic E-state index is 5.47. The second-order valence-electron chi connectivity index (χ2n) is 6.02. The van der Waals surface area contributed by atoms with Crippen molar-refractivity contribution in [3.8, 4) is 0 Å². The monoisotopic (exact) mass is 304 g/mol. The Morgan fingerprint density at radius 3 is 2.65 bits per heavy atom. The van der Waals surface area contributed by atoms with Crippen LogP contribution in [0.25, 0.3) is 10.9 Å². The van der Waals surface area contributed by atoms with Crippen molar-refractivity contribution in [1.29, 1.82) is 0 Å². The van der Waals surface area contributed by atoms with E-state index in [1.54, 1.807) is 0 Å². The molecule has 4 rings (SSSR count). The van der Waals surface area contributed by atoms with Crippen molar-refractivity contribution in [2.75, 3.05) is 13.2 Å². The predicted octanol–water partition coefficient (Wildman–Crippen LogP) is 4.81. The van der Waals surface area contributed by atoms with Crippen LogP contribution in [0.4, 0.5) is 5.69 Å². The van der Waals surface area contributed by atoms with E-state index in [1.165, 1.54) is 16.6 Å². The molecule has 3 nitrogen and oxygen atoms in total. The van der Waals surface area contributed by atoms with Crippen LogP contribution >= 0.6 is 0 Å². The zero-order valence-electron chi connectivity index (χ0n) is 13.0. The molecule has 2 heterocycles. The summed E-state index contributed by atoms with van der Waals surface area (Å²) in [6.07, 6.45) is 4.14. The Morgan fingerprint density at radius 2 is 1.83 bits per heavy atom. The normalized spacial score (nSPS) is 16.3. The van der Waals surface area contributed by atoms with Gasteiger partial charge in [0.25, 0.3) is 0 Å². The molecule has 3 heteroatoms. The lowest BCUT2D eigenvalue weighted by molar-refractivity contribution is 0.0846. The summed E-state index contributed by atoms with van der Waals surface area (Å²) in [5.41, 5.74) is 4.60. The number of aromatic amines is 1. The van der Waals surface area contributed by atoms with Crippen LogP contribution in [-0.4, -0.2) is 24.4 Å². The molecular formula is C20H20N2O. The van der Waals surface area contributed by atoms with Gasteiger partial charge in [-0.25, -0.2) is 0 Å². The van der Waals surface area contributed by atoms with E-state index in [2.05, 4.69) is 34.2 Å². The fourth-order valence-electron chi connectivity index (χ4n) is 3.20. The van der Waals surface area contributed by atoms with Crippen LogP contribution in [0.15, 0.2) is 59.6 Å². The van der Waals surface area contributed by atoms with Crippen LogP contribution in [0.1, 0.15) is 30.0 Å². The van der Waals surface area contributed by atoms with Gasteiger partial charge in [-0.15, -0.1) is 0 Å². The largest absolute Gasteiger partial charge is 0.381 e. The first kappa shape index (κ1) is 14.2. The number of hydrogen-bond acceptors (Lipinski definition) is 2. The van der Waals surface area contributed by atoms with E-state index in [-0.39, 0.29) is 0 Å². The quantitative estimate of drug-likeness (QED) is 0.693. The van der Waals surface area contributed by atoms with Gasteiger partial charge in [-0.3, -0.25) is 4.99 Å². The predicted molar refractivity (Wildman–Crippen MR) is 94.8 cm³/mol. The number of aliphatic imine (C=N–C) groups is 1. The number of benzene rings is 2. The fourth-order valence-corrected chi connectivity index (χ4v) is 3.20. The molecule has 0 aliphatic carbocycles. The summed E-state index contributed by atoms with van der Waals surface area (Å²) in [5, 5.41) is 1.25. The Hall–Kier alpha value is -2.39. The van der Waals surface area contributed by atoms with E-state index < -0.39 is 0 Å². The Bertz CT molecular complexity index is 814. The van der Waals surface area contributed by atoms with Crippen molar-refractivity contribution in [3.05, 3.63) is 65.9 Å². The second-order valence-corrected chi connectivity index (χ2v) is 6.02. The highest BCUT2D eigenvalue weighted by atomic mass is 16.5. The molecule has 1 N–H and O–H groups in total. The van der Waals surface area contributed by atoms with Gasteiger partial charge < -0.3 is 9.72 Å². The standard InChI is InChI=1S/C20H20N2O/c1-2-7-18(8-3-1)21-14-17-6-4-5-16-13-19(22-20(16)17)15-9-11-23-12-10-15/h1-8,13-15,22H,9-12H2. The van der Waals surface area contributed by atoms with E-state index in [1.807, 2.05) is 36.5 Å². The minimum atomic E-state index is 0.579. The molecular weight excluding hydrogens is 284 g/mol. The average Bonchev–Trinajstić information content (AvgIpc) is 3.06. The molecule has 1 fully saturated rings. The number of nitrogens with one attached hydrogen (secondary N) is 1. The van der Waals surface area contributed by atoms with Gasteiger partial charge in [0.2, 0.25) is 0 Å². The molecule has 1 saturated heterocycles. The molecule has 3 aromatic rings. The highest BCUT2D eigenvalue weighted by Crippen LogP contribution is 2.30. The summed E-state index contributed by atoms with van der Waals surface area (Å²) in [4.78, 5) is 8.21. The Balaban J connectivity index is 1.67. The minimum absolute atomic E-state index is 0.579. The van der Waals surface area contributed by atoms with Crippen LogP contribution in [-0.2, 0) is 4.74 Å². The molecule has 0 atom stereocenters. The van der Waals surface area contributed by atoms with Gasteiger partial charge in [0.15, 0.2) is 0 Å². The molecule has 0 radical (unpaired) electrons. The molecule has 1 aromatic heterocycles. The van der Waals surface area contributed by atoms with E-state index in [4.69, 9.17) is 4.74 Å². The molecule has 0 bridgehead atoms. The maximum Gasteiger partial charge on any atom is 0.0629 e. The summed E-state index contributed by atoms with van der Waals surface area (Å²) in [6, 6.07) is 18.7.